The van der Waals surface area contributed by atoms with Gasteiger partial charge in [0.1, 0.15) is 5.84 Å². The minimum absolute atomic E-state index is 0.0866. The van der Waals surface area contributed by atoms with Gasteiger partial charge in [-0.05, 0) is 5.56 Å². The Morgan fingerprint density at radius 2 is 2.07 bits per heavy atom. The maximum atomic E-state index is 7.21. The van der Waals surface area contributed by atoms with Crippen molar-refractivity contribution in [1.82, 2.24) is 0 Å². The molecule has 0 heterocycles. The van der Waals surface area contributed by atoms with E-state index in [1.165, 1.54) is 0 Å². The number of benzene rings is 1. The van der Waals surface area contributed by atoms with Crippen molar-refractivity contribution in [2.45, 2.75) is 6.61 Å². The van der Waals surface area contributed by atoms with Crippen LogP contribution in [-0.2, 0) is 11.3 Å². The molecule has 0 bridgehead atoms. The molecule has 3 N–H and O–H groups in total. The topological polar surface area (TPSA) is 59.1 Å². The van der Waals surface area contributed by atoms with E-state index in [4.69, 9.17) is 15.9 Å². The molecule has 0 saturated carbocycles. The van der Waals surface area contributed by atoms with Crippen LogP contribution in [0, 0.1) is 5.41 Å². The molecule has 1 rings (SSSR count). The summed E-state index contributed by atoms with van der Waals surface area (Å²) in [5, 5.41) is 7.21. The predicted molar refractivity (Wildman–Crippen MR) is 57.3 cm³/mol. The molecular weight excluding hydrogens is 176 g/mol. The van der Waals surface area contributed by atoms with Gasteiger partial charge in [0.15, 0.2) is 0 Å². The van der Waals surface area contributed by atoms with Gasteiger partial charge < -0.3 is 10.5 Å². The first-order valence-corrected chi connectivity index (χ1v) is 4.36. The van der Waals surface area contributed by atoms with E-state index < -0.39 is 0 Å². The maximum Gasteiger partial charge on any atom is 0.122 e. The normalized spacial score (nSPS) is 9.71. The molecule has 0 atom stereocenters. The summed E-state index contributed by atoms with van der Waals surface area (Å²) in [6.07, 6.45) is 1.71. The van der Waals surface area contributed by atoms with E-state index in [9.17, 15) is 0 Å². The van der Waals surface area contributed by atoms with Gasteiger partial charge in [0.05, 0.1) is 13.2 Å². The third-order valence-corrected chi connectivity index (χ3v) is 1.77. The molecule has 0 amide bonds. The number of nitrogen functional groups attached to an aromatic ring is 1. The lowest BCUT2D eigenvalue weighted by Crippen LogP contribution is -2.10. The molecule has 3 nitrogen and oxygen atoms in total. The third-order valence-electron chi connectivity index (χ3n) is 1.77. The highest BCUT2D eigenvalue weighted by Crippen LogP contribution is 2.04. The smallest absolute Gasteiger partial charge is 0.122 e. The molecule has 0 radical (unpaired) electrons. The highest BCUT2D eigenvalue weighted by Gasteiger charge is 1.96. The highest BCUT2D eigenvalue weighted by atomic mass is 16.5. The van der Waals surface area contributed by atoms with Crippen molar-refractivity contribution in [3.8, 4) is 0 Å². The van der Waals surface area contributed by atoms with Crippen molar-refractivity contribution in [2.24, 2.45) is 5.73 Å². The van der Waals surface area contributed by atoms with Crippen LogP contribution in [0.1, 0.15) is 11.1 Å². The fourth-order valence-corrected chi connectivity index (χ4v) is 1.04. The lowest BCUT2D eigenvalue weighted by atomic mass is 10.1. The van der Waals surface area contributed by atoms with Gasteiger partial charge in [0, 0.05) is 5.56 Å². The van der Waals surface area contributed by atoms with Crippen molar-refractivity contribution in [3.63, 3.8) is 0 Å². The fourth-order valence-electron chi connectivity index (χ4n) is 1.04. The first-order chi connectivity index (χ1) is 6.74. The Balaban J connectivity index is 2.55. The largest absolute Gasteiger partial charge is 0.384 e. The van der Waals surface area contributed by atoms with Crippen molar-refractivity contribution in [2.75, 3.05) is 6.61 Å². The summed E-state index contributed by atoms with van der Waals surface area (Å²) in [5.41, 5.74) is 7.12. The Morgan fingerprint density at radius 3 is 2.57 bits per heavy atom. The Morgan fingerprint density at radius 1 is 1.43 bits per heavy atom. The zero-order valence-electron chi connectivity index (χ0n) is 7.99. The Kier molecular flexibility index (Phi) is 3.88. The second-order valence-corrected chi connectivity index (χ2v) is 2.91. The molecule has 74 valence electrons. The average Bonchev–Trinajstić information content (AvgIpc) is 2.19. The van der Waals surface area contributed by atoms with E-state index in [0.29, 0.717) is 13.2 Å². The van der Waals surface area contributed by atoms with E-state index in [1.54, 1.807) is 6.08 Å². The number of nitrogens with one attached hydrogen (secondary N) is 1. The molecule has 0 fully saturated rings. The third kappa shape index (κ3) is 3.03. The summed E-state index contributed by atoms with van der Waals surface area (Å²) in [6, 6.07) is 7.43. The average molecular weight is 190 g/mol. The number of amidine groups is 1. The zero-order valence-corrected chi connectivity index (χ0v) is 7.99. The van der Waals surface area contributed by atoms with Gasteiger partial charge in [-0.1, -0.05) is 30.3 Å². The second kappa shape index (κ2) is 5.19. The molecule has 0 aliphatic carbocycles. The van der Waals surface area contributed by atoms with Crippen LogP contribution in [0.25, 0.3) is 0 Å². The molecule has 1 aromatic rings. The van der Waals surface area contributed by atoms with Crippen molar-refractivity contribution in [1.29, 1.82) is 5.41 Å². The number of hydrogen-bond donors (Lipinski definition) is 2. The standard InChI is InChI=1S/C11H14N2O/c1-2-7-14-8-9-3-5-10(6-4-9)11(12)13/h2-6H,1,7-8H2,(H3,12,13). The first-order valence-electron chi connectivity index (χ1n) is 4.36. The Hall–Kier alpha value is -1.61. The van der Waals surface area contributed by atoms with Crippen LogP contribution in [0.5, 0.6) is 0 Å². The molecule has 3 heteroatoms. The van der Waals surface area contributed by atoms with Gasteiger partial charge in [0.25, 0.3) is 0 Å². The maximum absolute atomic E-state index is 7.21. The summed E-state index contributed by atoms with van der Waals surface area (Å²) in [6.45, 7) is 4.67. The Labute approximate surface area is 83.7 Å². The summed E-state index contributed by atoms with van der Waals surface area (Å²) in [4.78, 5) is 0. The van der Waals surface area contributed by atoms with Crippen LogP contribution in [-0.4, -0.2) is 12.4 Å². The number of rotatable bonds is 5. The molecule has 0 unspecified atom stereocenters. The van der Waals surface area contributed by atoms with Crippen molar-refractivity contribution in [3.05, 3.63) is 48.0 Å². The lowest BCUT2D eigenvalue weighted by Gasteiger charge is -2.02. The lowest BCUT2D eigenvalue weighted by molar-refractivity contribution is 0.149. The minimum atomic E-state index is 0.0866. The van der Waals surface area contributed by atoms with Gasteiger partial charge in [-0.2, -0.15) is 0 Å². The molecule has 0 spiro atoms. The molecule has 0 aromatic heterocycles. The molecule has 14 heavy (non-hydrogen) atoms. The zero-order chi connectivity index (χ0) is 10.4. The van der Waals surface area contributed by atoms with Crippen LogP contribution < -0.4 is 5.73 Å². The van der Waals surface area contributed by atoms with Crippen LogP contribution >= 0.6 is 0 Å². The second-order valence-electron chi connectivity index (χ2n) is 2.91. The molecule has 0 saturated heterocycles. The van der Waals surface area contributed by atoms with Crippen LogP contribution in [0.4, 0.5) is 0 Å². The van der Waals surface area contributed by atoms with Gasteiger partial charge in [-0.15, -0.1) is 6.58 Å². The van der Waals surface area contributed by atoms with Crippen LogP contribution in [0.3, 0.4) is 0 Å². The van der Waals surface area contributed by atoms with E-state index >= 15 is 0 Å². The summed E-state index contributed by atoms with van der Waals surface area (Å²) >= 11 is 0. The Bertz CT molecular complexity index is 317. The van der Waals surface area contributed by atoms with Gasteiger partial charge in [-0.3, -0.25) is 5.41 Å². The van der Waals surface area contributed by atoms with E-state index in [1.807, 2.05) is 24.3 Å². The first kappa shape index (κ1) is 10.5. The van der Waals surface area contributed by atoms with E-state index in [0.717, 1.165) is 11.1 Å². The van der Waals surface area contributed by atoms with Crippen molar-refractivity contribution < 1.29 is 4.74 Å². The number of ether oxygens (including phenoxy) is 1. The van der Waals surface area contributed by atoms with Gasteiger partial charge >= 0.3 is 0 Å². The van der Waals surface area contributed by atoms with E-state index in [2.05, 4.69) is 6.58 Å². The van der Waals surface area contributed by atoms with E-state index in [-0.39, 0.29) is 5.84 Å². The molecule has 0 aliphatic rings. The molecule has 0 aliphatic heterocycles. The number of hydrogen-bond acceptors (Lipinski definition) is 2. The quantitative estimate of drug-likeness (QED) is 0.321. The SMILES string of the molecule is C=CCOCc1ccc(C(=N)N)cc1. The predicted octanol–water partition coefficient (Wildman–Crippen LogP) is 1.67. The highest BCUT2D eigenvalue weighted by molar-refractivity contribution is 5.94. The number of nitrogens with two attached hydrogens (primary N) is 1. The minimum Gasteiger partial charge on any atom is -0.384 e. The van der Waals surface area contributed by atoms with Gasteiger partial charge in [0.2, 0.25) is 0 Å². The van der Waals surface area contributed by atoms with Crippen LogP contribution in [0.2, 0.25) is 0 Å². The van der Waals surface area contributed by atoms with Crippen LogP contribution in [0.15, 0.2) is 36.9 Å². The van der Waals surface area contributed by atoms with Gasteiger partial charge in [-0.25, -0.2) is 0 Å². The monoisotopic (exact) mass is 190 g/mol. The fraction of sp³-hybridized carbons (Fsp3) is 0.182. The molecular formula is C11H14N2O. The summed E-state index contributed by atoms with van der Waals surface area (Å²) in [7, 11) is 0. The molecule has 1 aromatic carbocycles. The summed E-state index contributed by atoms with van der Waals surface area (Å²) in [5.74, 6) is 0.0866. The summed E-state index contributed by atoms with van der Waals surface area (Å²) < 4.78 is 5.27. The van der Waals surface area contributed by atoms with Crippen molar-refractivity contribution >= 4 is 5.84 Å².